The van der Waals surface area contributed by atoms with Crippen LogP contribution in [0.1, 0.15) is 11.1 Å². The Labute approximate surface area is 125 Å². The summed E-state index contributed by atoms with van der Waals surface area (Å²) in [4.78, 5) is 27.5. The van der Waals surface area contributed by atoms with E-state index in [0.717, 1.165) is 0 Å². The fourth-order valence-corrected chi connectivity index (χ4v) is 1.85. The van der Waals surface area contributed by atoms with Crippen molar-refractivity contribution in [2.24, 2.45) is 21.7 Å². The molecule has 0 bridgehead atoms. The zero-order valence-corrected chi connectivity index (χ0v) is 11.5. The Morgan fingerprint density at radius 1 is 1.00 bits per heavy atom. The number of carbonyl (C=O) groups excluding carboxylic acids is 2. The Morgan fingerprint density at radius 2 is 1.41 bits per heavy atom. The summed E-state index contributed by atoms with van der Waals surface area (Å²) in [6.07, 6.45) is 0.270. The molecule has 2 unspecified atom stereocenters. The molecule has 2 amide bonds. The molecule has 1 aromatic rings. The van der Waals surface area contributed by atoms with E-state index in [-0.39, 0.29) is 12.8 Å². The predicted molar refractivity (Wildman–Crippen MR) is 78.1 cm³/mol. The highest BCUT2D eigenvalue weighted by atomic mass is 16.1. The molecule has 0 aromatic heterocycles. The van der Waals surface area contributed by atoms with E-state index >= 15 is 0 Å². The van der Waals surface area contributed by atoms with Crippen LogP contribution in [0.5, 0.6) is 0 Å². The van der Waals surface area contributed by atoms with Gasteiger partial charge in [-0.25, -0.2) is 0 Å². The topological polar surface area (TPSA) is 184 Å². The van der Waals surface area contributed by atoms with Crippen LogP contribution in [0.15, 0.2) is 34.5 Å². The molecule has 10 heteroatoms. The first-order chi connectivity index (χ1) is 10.5. The lowest BCUT2D eigenvalue weighted by atomic mass is 10.00. The predicted octanol–water partition coefficient (Wildman–Crippen LogP) is 1.10. The second-order valence-electron chi connectivity index (χ2n) is 4.47. The number of benzene rings is 1. The minimum atomic E-state index is -0.996. The largest absolute Gasteiger partial charge is 0.369 e. The first-order valence-electron chi connectivity index (χ1n) is 6.22. The molecule has 0 aliphatic rings. The maximum atomic E-state index is 11.2. The molecule has 0 aliphatic carbocycles. The van der Waals surface area contributed by atoms with Crippen LogP contribution in [0.4, 0.5) is 0 Å². The van der Waals surface area contributed by atoms with E-state index in [4.69, 9.17) is 22.5 Å². The Morgan fingerprint density at radius 3 is 1.73 bits per heavy atom. The molecule has 0 fully saturated rings. The number of hydrogen-bond donors (Lipinski definition) is 2. The Hall–Kier alpha value is -3.22. The Balaban J connectivity index is 2.93. The number of nitrogens with two attached hydrogens (primary N) is 2. The van der Waals surface area contributed by atoms with Gasteiger partial charge in [0.05, 0.1) is 0 Å². The quantitative estimate of drug-likeness (QED) is 0.414. The summed E-state index contributed by atoms with van der Waals surface area (Å²) < 4.78 is 0. The monoisotopic (exact) mass is 302 g/mol. The molecule has 0 spiro atoms. The molecule has 22 heavy (non-hydrogen) atoms. The van der Waals surface area contributed by atoms with E-state index in [1.165, 1.54) is 0 Å². The highest BCUT2D eigenvalue weighted by molar-refractivity contribution is 5.81. The van der Waals surface area contributed by atoms with Crippen molar-refractivity contribution in [2.75, 3.05) is 0 Å². The first-order valence-corrected chi connectivity index (χ1v) is 6.22. The second kappa shape index (κ2) is 8.15. The minimum absolute atomic E-state index is 0.135. The SMILES string of the molecule is [N-]=[N+]=NC(Cc1cccc(CC(N=[N+]=[N-])C(N)=O)c1)C(N)=O. The molecule has 0 heterocycles. The lowest BCUT2D eigenvalue weighted by Crippen LogP contribution is -2.29. The molecule has 0 saturated carbocycles. The Kier molecular flexibility index (Phi) is 6.24. The number of amides is 2. The summed E-state index contributed by atoms with van der Waals surface area (Å²) >= 11 is 0. The van der Waals surface area contributed by atoms with Crippen molar-refractivity contribution in [2.45, 2.75) is 24.9 Å². The van der Waals surface area contributed by atoms with Gasteiger partial charge in [0, 0.05) is 9.82 Å². The van der Waals surface area contributed by atoms with Gasteiger partial charge in [-0.3, -0.25) is 9.59 Å². The zero-order valence-electron chi connectivity index (χ0n) is 11.5. The lowest BCUT2D eigenvalue weighted by Gasteiger charge is -2.10. The summed E-state index contributed by atoms with van der Waals surface area (Å²) in [6, 6.07) is 4.85. The van der Waals surface area contributed by atoms with Gasteiger partial charge in [0.1, 0.15) is 12.1 Å². The summed E-state index contributed by atoms with van der Waals surface area (Å²) in [6.45, 7) is 0. The molecule has 0 aliphatic heterocycles. The smallest absolute Gasteiger partial charge is 0.226 e. The van der Waals surface area contributed by atoms with Crippen LogP contribution in [0.25, 0.3) is 20.9 Å². The highest BCUT2D eigenvalue weighted by Gasteiger charge is 2.16. The summed E-state index contributed by atoms with van der Waals surface area (Å²) in [5.41, 5.74) is 28.5. The van der Waals surface area contributed by atoms with Crippen LogP contribution in [0.2, 0.25) is 0 Å². The number of azide groups is 2. The number of carbonyl (C=O) groups is 2. The van der Waals surface area contributed by atoms with Crippen LogP contribution >= 0.6 is 0 Å². The van der Waals surface area contributed by atoms with E-state index in [1.807, 2.05) is 0 Å². The van der Waals surface area contributed by atoms with Crippen molar-refractivity contribution < 1.29 is 9.59 Å². The van der Waals surface area contributed by atoms with Gasteiger partial charge < -0.3 is 11.5 Å². The molecular weight excluding hydrogens is 288 g/mol. The van der Waals surface area contributed by atoms with E-state index < -0.39 is 23.9 Å². The summed E-state index contributed by atoms with van der Waals surface area (Å²) in [7, 11) is 0. The molecule has 1 aromatic carbocycles. The van der Waals surface area contributed by atoms with Gasteiger partial charge in [0.15, 0.2) is 0 Å². The molecule has 0 saturated heterocycles. The van der Waals surface area contributed by atoms with Crippen LogP contribution in [-0.2, 0) is 22.4 Å². The number of rotatable bonds is 8. The fraction of sp³-hybridized carbons (Fsp3) is 0.333. The van der Waals surface area contributed by atoms with Gasteiger partial charge in [0.2, 0.25) is 11.8 Å². The fourth-order valence-electron chi connectivity index (χ4n) is 1.85. The van der Waals surface area contributed by atoms with Crippen molar-refractivity contribution in [3.8, 4) is 0 Å². The lowest BCUT2D eigenvalue weighted by molar-refractivity contribution is -0.119. The van der Waals surface area contributed by atoms with Gasteiger partial charge in [-0.05, 0) is 35.0 Å². The first kappa shape index (κ1) is 16.8. The third-order valence-corrected chi connectivity index (χ3v) is 2.89. The van der Waals surface area contributed by atoms with Crippen LogP contribution in [0, 0.1) is 0 Å². The number of hydrogen-bond acceptors (Lipinski definition) is 4. The van der Waals surface area contributed by atoms with E-state index in [2.05, 4.69) is 20.1 Å². The maximum Gasteiger partial charge on any atom is 0.226 e. The van der Waals surface area contributed by atoms with Crippen LogP contribution < -0.4 is 11.5 Å². The molecule has 1 rings (SSSR count). The molecule has 0 radical (unpaired) electrons. The minimum Gasteiger partial charge on any atom is -0.369 e. The normalized spacial score (nSPS) is 12.4. The standard InChI is InChI=1S/C12H14N8O2/c13-11(21)9(17-19-15)5-7-2-1-3-8(4-7)6-10(12(14)22)18-20-16/h1-4,9-10H,5-6H2,(H2,13,21)(H2,14,22). The van der Waals surface area contributed by atoms with Gasteiger partial charge in [-0.2, -0.15) is 0 Å². The highest BCUT2D eigenvalue weighted by Crippen LogP contribution is 2.12. The van der Waals surface area contributed by atoms with Gasteiger partial charge in [0.25, 0.3) is 0 Å². The third kappa shape index (κ3) is 5.04. The van der Waals surface area contributed by atoms with E-state index in [0.29, 0.717) is 11.1 Å². The van der Waals surface area contributed by atoms with Crippen molar-refractivity contribution in [3.05, 3.63) is 56.3 Å². The van der Waals surface area contributed by atoms with Gasteiger partial charge >= 0.3 is 0 Å². The van der Waals surface area contributed by atoms with Crippen molar-refractivity contribution >= 4 is 11.8 Å². The zero-order chi connectivity index (χ0) is 16.5. The maximum absolute atomic E-state index is 11.2. The van der Waals surface area contributed by atoms with Crippen LogP contribution in [-0.4, -0.2) is 23.9 Å². The number of nitrogens with zero attached hydrogens (tertiary/aromatic N) is 6. The van der Waals surface area contributed by atoms with Crippen molar-refractivity contribution in [3.63, 3.8) is 0 Å². The number of primary amides is 2. The second-order valence-corrected chi connectivity index (χ2v) is 4.47. The van der Waals surface area contributed by atoms with Crippen LogP contribution in [0.3, 0.4) is 0 Å². The average molecular weight is 302 g/mol. The van der Waals surface area contributed by atoms with E-state index in [9.17, 15) is 9.59 Å². The van der Waals surface area contributed by atoms with Crippen molar-refractivity contribution in [1.82, 2.24) is 0 Å². The van der Waals surface area contributed by atoms with E-state index in [1.54, 1.807) is 24.3 Å². The summed E-state index contributed by atoms with van der Waals surface area (Å²) in [5, 5.41) is 6.67. The molecule has 114 valence electrons. The van der Waals surface area contributed by atoms with Crippen molar-refractivity contribution in [1.29, 1.82) is 0 Å². The molecule has 10 nitrogen and oxygen atoms in total. The average Bonchev–Trinajstić information content (AvgIpc) is 2.46. The van der Waals surface area contributed by atoms with Gasteiger partial charge in [-0.15, -0.1) is 0 Å². The molecular formula is C12H14N8O2. The Bertz CT molecular complexity index is 604. The van der Waals surface area contributed by atoms with Gasteiger partial charge in [-0.1, -0.05) is 34.5 Å². The molecule has 4 N–H and O–H groups in total. The summed E-state index contributed by atoms with van der Waals surface area (Å²) in [5.74, 6) is -1.46. The third-order valence-electron chi connectivity index (χ3n) is 2.89. The molecule has 2 atom stereocenters.